The molecule has 0 aliphatic rings. The second-order valence-corrected chi connectivity index (χ2v) is 4.39. The van der Waals surface area contributed by atoms with Crippen molar-refractivity contribution in [3.05, 3.63) is 30.7 Å². The summed E-state index contributed by atoms with van der Waals surface area (Å²) in [7, 11) is 5.17. The van der Waals surface area contributed by atoms with E-state index in [1.807, 2.05) is 38.6 Å². The molecule has 2 aromatic rings. The summed E-state index contributed by atoms with van der Waals surface area (Å²) in [6, 6.07) is 4.00. The zero-order valence-electron chi connectivity index (χ0n) is 11.7. The third-order valence-corrected chi connectivity index (χ3v) is 2.62. The molecule has 0 aromatic carbocycles. The minimum atomic E-state index is -0.141. The lowest BCUT2D eigenvalue weighted by molar-refractivity contribution is -0.116. The van der Waals surface area contributed by atoms with E-state index in [0.29, 0.717) is 11.5 Å². The molecule has 0 saturated heterocycles. The van der Waals surface area contributed by atoms with Gasteiger partial charge in [-0.05, 0) is 12.1 Å². The number of hydrogen-bond donors (Lipinski definition) is 1. The van der Waals surface area contributed by atoms with Crippen molar-refractivity contribution in [1.82, 2.24) is 14.5 Å². The second kappa shape index (κ2) is 6.05. The Morgan fingerprint density at radius 1 is 1.40 bits per heavy atom. The van der Waals surface area contributed by atoms with Gasteiger partial charge in [0.2, 0.25) is 5.91 Å². The number of methoxy groups -OCH3 is 1. The average Bonchev–Trinajstić information content (AvgIpc) is 2.91. The van der Waals surface area contributed by atoms with E-state index in [9.17, 15) is 4.79 Å². The van der Waals surface area contributed by atoms with Gasteiger partial charge in [-0.25, -0.2) is 4.98 Å². The van der Waals surface area contributed by atoms with E-state index in [0.717, 1.165) is 0 Å². The molecule has 0 unspecified atom stereocenters. The van der Waals surface area contributed by atoms with Crippen LogP contribution in [-0.2, 0) is 11.3 Å². The van der Waals surface area contributed by atoms with Crippen molar-refractivity contribution in [2.24, 2.45) is 0 Å². The van der Waals surface area contributed by atoms with E-state index in [2.05, 4.69) is 15.3 Å². The predicted octanol–water partition coefficient (Wildman–Crippen LogP) is 0.991. The average molecular weight is 275 g/mol. The van der Waals surface area contributed by atoms with Gasteiger partial charge < -0.3 is 19.5 Å². The van der Waals surface area contributed by atoms with Crippen molar-refractivity contribution in [1.29, 1.82) is 0 Å². The first-order valence-corrected chi connectivity index (χ1v) is 6.09. The Bertz CT molecular complexity index is 580. The largest absolute Gasteiger partial charge is 0.467 e. The molecule has 1 amide bonds. The molecule has 7 heteroatoms. The van der Waals surface area contributed by atoms with Crippen molar-refractivity contribution in [3.63, 3.8) is 0 Å². The van der Waals surface area contributed by atoms with Crippen LogP contribution in [0.5, 0.6) is 6.01 Å². The number of carbonyl (C=O) groups is 1. The minimum absolute atomic E-state index is 0.141. The highest BCUT2D eigenvalue weighted by molar-refractivity contribution is 5.93. The van der Waals surface area contributed by atoms with Gasteiger partial charge in [-0.15, -0.1) is 0 Å². The first-order chi connectivity index (χ1) is 9.60. The Morgan fingerprint density at radius 2 is 2.10 bits per heavy atom. The molecule has 2 heterocycles. The lowest BCUT2D eigenvalue weighted by atomic mass is 10.4. The van der Waals surface area contributed by atoms with Crippen LogP contribution >= 0.6 is 0 Å². The molecule has 0 fully saturated rings. The summed E-state index contributed by atoms with van der Waals surface area (Å²) in [6.07, 6.45) is 5.20. The summed E-state index contributed by atoms with van der Waals surface area (Å²) in [5.41, 5.74) is 0.549. The van der Waals surface area contributed by atoms with Gasteiger partial charge in [0, 0.05) is 26.5 Å². The summed E-state index contributed by atoms with van der Waals surface area (Å²) in [5.74, 6) is 0.454. The highest BCUT2D eigenvalue weighted by Gasteiger charge is 2.12. The Hall–Kier alpha value is -2.57. The summed E-state index contributed by atoms with van der Waals surface area (Å²) in [4.78, 5) is 22.0. The molecule has 2 rings (SSSR count). The van der Waals surface area contributed by atoms with Crippen molar-refractivity contribution in [3.8, 4) is 6.01 Å². The van der Waals surface area contributed by atoms with E-state index < -0.39 is 0 Å². The molecular formula is C13H17N5O2. The molecule has 20 heavy (non-hydrogen) atoms. The van der Waals surface area contributed by atoms with Crippen LogP contribution in [-0.4, -0.2) is 41.6 Å². The van der Waals surface area contributed by atoms with Crippen LogP contribution < -0.4 is 15.0 Å². The summed E-state index contributed by atoms with van der Waals surface area (Å²) >= 11 is 0. The highest BCUT2D eigenvalue weighted by atomic mass is 16.5. The maximum Gasteiger partial charge on any atom is 0.318 e. The van der Waals surface area contributed by atoms with Gasteiger partial charge in [0.05, 0.1) is 13.3 Å². The lowest BCUT2D eigenvalue weighted by Crippen LogP contribution is -2.21. The molecule has 0 aliphatic carbocycles. The number of nitrogens with one attached hydrogen (secondary N) is 1. The van der Waals surface area contributed by atoms with Crippen LogP contribution in [0.1, 0.15) is 0 Å². The third kappa shape index (κ3) is 3.25. The number of amides is 1. The lowest BCUT2D eigenvalue weighted by Gasteiger charge is -2.16. The molecular weight excluding hydrogens is 258 g/mol. The Labute approximate surface area is 117 Å². The topological polar surface area (TPSA) is 72.3 Å². The van der Waals surface area contributed by atoms with E-state index in [1.54, 1.807) is 9.47 Å². The number of rotatable bonds is 5. The van der Waals surface area contributed by atoms with Crippen LogP contribution in [0.15, 0.2) is 30.7 Å². The van der Waals surface area contributed by atoms with Gasteiger partial charge in [-0.1, -0.05) is 0 Å². The second-order valence-electron chi connectivity index (χ2n) is 4.39. The fourth-order valence-corrected chi connectivity index (χ4v) is 1.72. The van der Waals surface area contributed by atoms with E-state index in [-0.39, 0.29) is 18.5 Å². The number of aromatic nitrogens is 3. The standard InChI is InChI=1S/C13H17N5O2/c1-17(2)12-10(8-14-13(16-12)20-3)15-11(19)9-18-6-4-5-7-18/h4-8H,9H2,1-3H3,(H,15,19). The van der Waals surface area contributed by atoms with Gasteiger partial charge in [-0.2, -0.15) is 4.98 Å². The summed E-state index contributed by atoms with van der Waals surface area (Å²) in [5, 5.41) is 2.80. The zero-order valence-corrected chi connectivity index (χ0v) is 11.7. The molecule has 0 aliphatic heterocycles. The van der Waals surface area contributed by atoms with E-state index in [4.69, 9.17) is 4.74 Å². The smallest absolute Gasteiger partial charge is 0.318 e. The molecule has 7 nitrogen and oxygen atoms in total. The van der Waals surface area contributed by atoms with E-state index >= 15 is 0 Å². The highest BCUT2D eigenvalue weighted by Crippen LogP contribution is 2.22. The van der Waals surface area contributed by atoms with Crippen LogP contribution in [0.2, 0.25) is 0 Å². The van der Waals surface area contributed by atoms with E-state index in [1.165, 1.54) is 13.3 Å². The van der Waals surface area contributed by atoms with Crippen LogP contribution in [0.4, 0.5) is 11.5 Å². The van der Waals surface area contributed by atoms with Gasteiger partial charge in [0.25, 0.3) is 0 Å². The minimum Gasteiger partial charge on any atom is -0.467 e. The van der Waals surface area contributed by atoms with Gasteiger partial charge in [-0.3, -0.25) is 4.79 Å². The Morgan fingerprint density at radius 3 is 2.70 bits per heavy atom. The van der Waals surface area contributed by atoms with Crippen molar-refractivity contribution < 1.29 is 9.53 Å². The predicted molar refractivity (Wildman–Crippen MR) is 76.0 cm³/mol. The van der Waals surface area contributed by atoms with Gasteiger partial charge in [0.15, 0.2) is 5.82 Å². The molecule has 0 bridgehead atoms. The fraction of sp³-hybridized carbons (Fsp3) is 0.308. The maximum atomic E-state index is 12.0. The molecule has 106 valence electrons. The third-order valence-electron chi connectivity index (χ3n) is 2.62. The first-order valence-electron chi connectivity index (χ1n) is 6.09. The number of ether oxygens (including phenoxy) is 1. The van der Waals surface area contributed by atoms with Crippen molar-refractivity contribution in [2.45, 2.75) is 6.54 Å². The van der Waals surface area contributed by atoms with Crippen molar-refractivity contribution >= 4 is 17.4 Å². The molecule has 0 saturated carbocycles. The van der Waals surface area contributed by atoms with Crippen LogP contribution in [0, 0.1) is 0 Å². The molecule has 1 N–H and O–H groups in total. The number of nitrogens with zero attached hydrogens (tertiary/aromatic N) is 4. The molecule has 2 aromatic heterocycles. The van der Waals surface area contributed by atoms with Crippen LogP contribution in [0.25, 0.3) is 0 Å². The van der Waals surface area contributed by atoms with Gasteiger partial charge in [0.1, 0.15) is 12.2 Å². The Kier molecular flexibility index (Phi) is 4.19. The monoisotopic (exact) mass is 275 g/mol. The fourth-order valence-electron chi connectivity index (χ4n) is 1.72. The SMILES string of the molecule is COc1ncc(NC(=O)Cn2cccc2)c(N(C)C)n1. The van der Waals surface area contributed by atoms with Crippen molar-refractivity contribution in [2.75, 3.05) is 31.4 Å². The number of carbonyl (C=O) groups excluding carboxylic acids is 1. The zero-order chi connectivity index (χ0) is 14.5. The summed E-state index contributed by atoms with van der Waals surface area (Å²) < 4.78 is 6.77. The first kappa shape index (κ1) is 13.9. The maximum absolute atomic E-state index is 12.0. The quantitative estimate of drug-likeness (QED) is 0.881. The number of anilines is 2. The molecule has 0 radical (unpaired) electrons. The number of hydrogen-bond acceptors (Lipinski definition) is 5. The molecule has 0 atom stereocenters. The normalized spacial score (nSPS) is 10.2. The summed E-state index contributed by atoms with van der Waals surface area (Å²) in [6.45, 7) is 0.242. The van der Waals surface area contributed by atoms with Crippen LogP contribution in [0.3, 0.4) is 0 Å². The molecule has 0 spiro atoms. The Balaban J connectivity index is 2.13. The van der Waals surface area contributed by atoms with Gasteiger partial charge >= 0.3 is 6.01 Å².